The zero-order chi connectivity index (χ0) is 18.0. The van der Waals surface area contributed by atoms with Gasteiger partial charge in [-0.25, -0.2) is 0 Å². The van der Waals surface area contributed by atoms with E-state index in [1.165, 1.54) is 19.3 Å². The highest BCUT2D eigenvalue weighted by molar-refractivity contribution is 9.09. The predicted octanol–water partition coefficient (Wildman–Crippen LogP) is 5.17. The Labute approximate surface area is 160 Å². The molecule has 7 atom stereocenters. The number of hydrogen-bond donors (Lipinski definition) is 1. The molecule has 0 aromatic heterocycles. The zero-order valence-electron chi connectivity index (χ0n) is 15.6. The first-order valence-corrected chi connectivity index (χ1v) is 11.4. The highest BCUT2D eigenvalue weighted by atomic mass is 79.9. The summed E-state index contributed by atoms with van der Waals surface area (Å²) in [5, 5.41) is 9.80. The Bertz CT molecular complexity index is 471. The second kappa shape index (κ2) is 8.37. The summed E-state index contributed by atoms with van der Waals surface area (Å²) in [5.74, 6) is 3.78. The van der Waals surface area contributed by atoms with Crippen molar-refractivity contribution in [3.8, 4) is 0 Å². The molecule has 3 rings (SSSR count). The number of carbonyl (C=O) groups is 1. The van der Waals surface area contributed by atoms with Gasteiger partial charge in [0.05, 0.1) is 12.0 Å². The van der Waals surface area contributed by atoms with E-state index in [4.69, 9.17) is 0 Å². The highest BCUT2D eigenvalue weighted by Gasteiger charge is 2.57. The van der Waals surface area contributed by atoms with Gasteiger partial charge in [-0.1, -0.05) is 22.9 Å². The van der Waals surface area contributed by atoms with Crippen LogP contribution in [0.2, 0.25) is 0 Å². The lowest BCUT2D eigenvalue weighted by Crippen LogP contribution is -2.48. The molecule has 3 aliphatic rings. The lowest BCUT2D eigenvalue weighted by atomic mass is 9.50. The molecule has 0 unspecified atom stereocenters. The van der Waals surface area contributed by atoms with Crippen molar-refractivity contribution >= 4 is 21.7 Å². The maximum atomic E-state index is 13.1. The predicted molar refractivity (Wildman–Crippen MR) is 102 cm³/mol. The first-order chi connectivity index (χ1) is 12.1. The molecule has 0 radical (unpaired) electrons. The number of rotatable bonds is 7. The van der Waals surface area contributed by atoms with Crippen molar-refractivity contribution in [2.75, 3.05) is 18.6 Å². The SMILES string of the molecule is C[C@]12CC[C@H]3[C@@H](CC[C@@H](CCF)[C@@H]3CCCO)[C@@H]1CC[C@@H]2C(=O)CBr. The topological polar surface area (TPSA) is 37.3 Å². The van der Waals surface area contributed by atoms with E-state index in [0.29, 0.717) is 47.1 Å². The second-order valence-electron chi connectivity index (χ2n) is 9.05. The lowest BCUT2D eigenvalue weighted by Gasteiger charge is -2.54. The summed E-state index contributed by atoms with van der Waals surface area (Å²) in [6.07, 6.45) is 9.57. The van der Waals surface area contributed by atoms with E-state index in [2.05, 4.69) is 22.9 Å². The van der Waals surface area contributed by atoms with Crippen LogP contribution in [0.15, 0.2) is 0 Å². The molecule has 0 aromatic carbocycles. The second-order valence-corrected chi connectivity index (χ2v) is 9.61. The van der Waals surface area contributed by atoms with Gasteiger partial charge in [0.1, 0.15) is 5.78 Å². The third-order valence-electron chi connectivity index (χ3n) is 8.21. The van der Waals surface area contributed by atoms with Crippen molar-refractivity contribution in [1.82, 2.24) is 0 Å². The molecule has 3 aliphatic carbocycles. The molecule has 2 nitrogen and oxygen atoms in total. The molecule has 0 bridgehead atoms. The molecule has 0 spiro atoms. The lowest BCUT2D eigenvalue weighted by molar-refractivity contribution is -0.127. The number of aliphatic hydroxyl groups excluding tert-OH is 1. The van der Waals surface area contributed by atoms with Crippen LogP contribution in [0, 0.1) is 40.9 Å². The molecule has 0 heterocycles. The van der Waals surface area contributed by atoms with Crippen LogP contribution in [0.25, 0.3) is 0 Å². The molecule has 0 saturated heterocycles. The van der Waals surface area contributed by atoms with Gasteiger partial charge in [-0.2, -0.15) is 0 Å². The number of aliphatic hydroxyl groups is 1. The van der Waals surface area contributed by atoms with E-state index in [1.54, 1.807) is 0 Å². The molecular weight excluding hydrogens is 383 g/mol. The minimum absolute atomic E-state index is 0.181. The summed E-state index contributed by atoms with van der Waals surface area (Å²) in [6, 6.07) is 0. The fraction of sp³-hybridized carbons (Fsp3) is 0.952. The first-order valence-electron chi connectivity index (χ1n) is 10.3. The fourth-order valence-electron chi connectivity index (χ4n) is 7.13. The minimum Gasteiger partial charge on any atom is -0.396 e. The number of Topliss-reactive ketones (excluding diaryl/α,β-unsaturated/α-hetero) is 1. The number of halogens is 2. The minimum atomic E-state index is -0.208. The molecule has 0 amide bonds. The fourth-order valence-corrected chi connectivity index (χ4v) is 7.52. The van der Waals surface area contributed by atoms with Crippen LogP contribution in [-0.2, 0) is 4.79 Å². The normalized spacial score (nSPS) is 43.5. The van der Waals surface area contributed by atoms with Gasteiger partial charge in [-0.3, -0.25) is 9.18 Å². The largest absolute Gasteiger partial charge is 0.396 e. The van der Waals surface area contributed by atoms with Gasteiger partial charge in [0.25, 0.3) is 0 Å². The standard InChI is InChI=1S/C21H34BrFO2/c1-21-10-8-16-15(3-2-12-24)14(9-11-23)4-5-17(16)18(21)6-7-19(21)20(25)13-22/h14-19,24H,2-13H2,1H3/t14-,15-,16+,17+,18-,19+,21-/m0/s1. The summed E-state index contributed by atoms with van der Waals surface area (Å²) in [4.78, 5) is 12.5. The van der Waals surface area contributed by atoms with Crippen LogP contribution >= 0.6 is 15.9 Å². The van der Waals surface area contributed by atoms with Gasteiger partial charge in [0, 0.05) is 12.5 Å². The summed E-state index contributed by atoms with van der Waals surface area (Å²) in [5.41, 5.74) is 0.181. The molecule has 4 heteroatoms. The molecule has 0 aliphatic heterocycles. The summed E-state index contributed by atoms with van der Waals surface area (Å²) in [6.45, 7) is 2.42. The van der Waals surface area contributed by atoms with Crippen molar-refractivity contribution in [3.63, 3.8) is 0 Å². The van der Waals surface area contributed by atoms with Crippen molar-refractivity contribution in [2.24, 2.45) is 40.9 Å². The van der Waals surface area contributed by atoms with Gasteiger partial charge in [-0.15, -0.1) is 0 Å². The molecule has 3 fully saturated rings. The van der Waals surface area contributed by atoms with Gasteiger partial charge >= 0.3 is 0 Å². The third-order valence-corrected chi connectivity index (χ3v) is 8.77. The molecule has 144 valence electrons. The Morgan fingerprint density at radius 2 is 1.96 bits per heavy atom. The van der Waals surface area contributed by atoms with Gasteiger partial charge in [0.15, 0.2) is 0 Å². The van der Waals surface area contributed by atoms with Crippen LogP contribution < -0.4 is 0 Å². The quantitative estimate of drug-likeness (QED) is 0.581. The van der Waals surface area contributed by atoms with E-state index in [1.807, 2.05) is 0 Å². The van der Waals surface area contributed by atoms with E-state index in [0.717, 1.165) is 32.1 Å². The van der Waals surface area contributed by atoms with Crippen LogP contribution in [-0.4, -0.2) is 29.5 Å². The average Bonchev–Trinajstić information content (AvgIpc) is 2.97. The summed E-state index contributed by atoms with van der Waals surface area (Å²) in [7, 11) is 0. The van der Waals surface area contributed by atoms with Crippen LogP contribution in [0.5, 0.6) is 0 Å². The maximum Gasteiger partial charge on any atom is 0.147 e. The number of hydrogen-bond acceptors (Lipinski definition) is 2. The van der Waals surface area contributed by atoms with Crippen LogP contribution in [0.3, 0.4) is 0 Å². The van der Waals surface area contributed by atoms with Gasteiger partial charge in [-0.05, 0) is 92.8 Å². The number of alkyl halides is 2. The zero-order valence-corrected chi connectivity index (χ0v) is 17.1. The van der Waals surface area contributed by atoms with Crippen molar-refractivity contribution < 1.29 is 14.3 Å². The van der Waals surface area contributed by atoms with E-state index in [-0.39, 0.29) is 24.6 Å². The number of ketones is 1. The van der Waals surface area contributed by atoms with Crippen molar-refractivity contribution in [2.45, 2.75) is 64.7 Å². The van der Waals surface area contributed by atoms with E-state index in [9.17, 15) is 14.3 Å². The Morgan fingerprint density at radius 3 is 2.64 bits per heavy atom. The molecule has 1 N–H and O–H groups in total. The number of fused-ring (bicyclic) bond motifs is 3. The van der Waals surface area contributed by atoms with Crippen LogP contribution in [0.4, 0.5) is 4.39 Å². The number of carbonyl (C=O) groups excluding carboxylic acids is 1. The molecule has 25 heavy (non-hydrogen) atoms. The summed E-state index contributed by atoms with van der Waals surface area (Å²) < 4.78 is 13.1. The smallest absolute Gasteiger partial charge is 0.147 e. The van der Waals surface area contributed by atoms with E-state index >= 15 is 0 Å². The first kappa shape index (κ1) is 19.8. The Morgan fingerprint density at radius 1 is 1.16 bits per heavy atom. The molecular formula is C21H34BrFO2. The van der Waals surface area contributed by atoms with Crippen molar-refractivity contribution in [3.05, 3.63) is 0 Å². The van der Waals surface area contributed by atoms with E-state index < -0.39 is 0 Å². The Balaban J connectivity index is 1.78. The maximum absolute atomic E-state index is 13.1. The molecule has 3 saturated carbocycles. The average molecular weight is 417 g/mol. The van der Waals surface area contributed by atoms with Gasteiger partial charge < -0.3 is 5.11 Å². The Hall–Kier alpha value is 0.0400. The molecule has 0 aromatic rings. The van der Waals surface area contributed by atoms with Crippen molar-refractivity contribution in [1.29, 1.82) is 0 Å². The highest BCUT2D eigenvalue weighted by Crippen LogP contribution is 2.63. The monoisotopic (exact) mass is 416 g/mol. The Kier molecular flexibility index (Phi) is 6.63. The van der Waals surface area contributed by atoms with Gasteiger partial charge in [0.2, 0.25) is 0 Å². The third kappa shape index (κ3) is 3.59. The van der Waals surface area contributed by atoms with Crippen LogP contribution in [0.1, 0.15) is 64.7 Å². The summed E-state index contributed by atoms with van der Waals surface area (Å²) >= 11 is 3.39.